The third-order valence-electron chi connectivity index (χ3n) is 5.16. The summed E-state index contributed by atoms with van der Waals surface area (Å²) in [5, 5.41) is 13.3. The second kappa shape index (κ2) is 9.87. The molecule has 1 fully saturated rings. The zero-order valence-electron chi connectivity index (χ0n) is 18.4. The largest absolute Gasteiger partial charge is 0.507 e. The number of rotatable bonds is 8. The molecule has 0 saturated carbocycles. The molecule has 1 aliphatic heterocycles. The molecule has 2 aromatic carbocycles. The molecule has 33 heavy (non-hydrogen) atoms. The summed E-state index contributed by atoms with van der Waals surface area (Å²) in [5.41, 5.74) is 1.06. The minimum absolute atomic E-state index is 0.00563. The predicted octanol–water partition coefficient (Wildman–Crippen LogP) is 4.96. The Balaban J connectivity index is 1.83. The van der Waals surface area contributed by atoms with Gasteiger partial charge >= 0.3 is 5.91 Å². The molecule has 1 atom stereocenters. The van der Waals surface area contributed by atoms with Crippen LogP contribution in [0.15, 0.2) is 65.7 Å². The molecule has 1 amide bonds. The SMILES string of the molecule is CCCOc1ccc(C(O)=C2C(=O)C(=O)N(c3nccs3)C2c2cccc(OCC)c2)cc1. The van der Waals surface area contributed by atoms with Crippen molar-refractivity contribution in [2.75, 3.05) is 18.1 Å². The molecule has 0 bridgehead atoms. The first-order valence-corrected chi connectivity index (χ1v) is 11.6. The zero-order chi connectivity index (χ0) is 23.4. The van der Waals surface area contributed by atoms with Crippen LogP contribution in [0.25, 0.3) is 5.76 Å². The fraction of sp³-hybridized carbons (Fsp3) is 0.240. The summed E-state index contributed by atoms with van der Waals surface area (Å²) in [4.78, 5) is 31.8. The molecule has 170 valence electrons. The lowest BCUT2D eigenvalue weighted by Gasteiger charge is -2.23. The number of benzene rings is 2. The normalized spacial score (nSPS) is 17.4. The van der Waals surface area contributed by atoms with Crippen LogP contribution in [0.5, 0.6) is 11.5 Å². The van der Waals surface area contributed by atoms with Crippen LogP contribution in [0.2, 0.25) is 0 Å². The molecule has 8 heteroatoms. The summed E-state index contributed by atoms with van der Waals surface area (Å²) >= 11 is 1.25. The van der Waals surface area contributed by atoms with Gasteiger partial charge in [0.05, 0.1) is 24.8 Å². The second-order valence-corrected chi connectivity index (χ2v) is 8.24. The van der Waals surface area contributed by atoms with Crippen molar-refractivity contribution in [2.45, 2.75) is 26.3 Å². The fourth-order valence-electron chi connectivity index (χ4n) is 3.71. The molecule has 1 aromatic heterocycles. The summed E-state index contributed by atoms with van der Waals surface area (Å²) in [5.74, 6) is -0.474. The highest BCUT2D eigenvalue weighted by molar-refractivity contribution is 7.14. The molecule has 1 unspecified atom stereocenters. The first kappa shape index (κ1) is 22.5. The van der Waals surface area contributed by atoms with Crippen LogP contribution in [-0.2, 0) is 9.59 Å². The summed E-state index contributed by atoms with van der Waals surface area (Å²) in [6, 6.07) is 13.1. The van der Waals surface area contributed by atoms with Gasteiger partial charge in [-0.1, -0.05) is 19.1 Å². The van der Waals surface area contributed by atoms with Gasteiger partial charge in [-0.05, 0) is 55.3 Å². The van der Waals surface area contributed by atoms with Gasteiger partial charge in [-0.15, -0.1) is 11.3 Å². The lowest BCUT2D eigenvalue weighted by molar-refractivity contribution is -0.132. The Hall–Kier alpha value is -3.65. The number of aliphatic hydroxyl groups excluding tert-OH is 1. The monoisotopic (exact) mass is 464 g/mol. The van der Waals surface area contributed by atoms with E-state index in [0.717, 1.165) is 6.42 Å². The number of thiazole rings is 1. The molecular weight excluding hydrogens is 440 g/mol. The molecule has 0 spiro atoms. The number of ketones is 1. The minimum Gasteiger partial charge on any atom is -0.507 e. The third-order valence-corrected chi connectivity index (χ3v) is 5.93. The lowest BCUT2D eigenvalue weighted by atomic mass is 9.95. The number of hydrogen-bond donors (Lipinski definition) is 1. The standard InChI is InChI=1S/C25H24N2O5S/c1-3-13-32-18-10-8-16(9-11-18)22(28)20-21(17-6-5-7-19(15-17)31-4-2)27(24(30)23(20)29)25-26-12-14-33-25/h5-12,14-15,21,28H,3-4,13H2,1-2H3. The van der Waals surface area contributed by atoms with Crippen LogP contribution in [0.1, 0.15) is 37.4 Å². The number of anilines is 1. The number of hydrogen-bond acceptors (Lipinski definition) is 7. The molecular formula is C25H24N2O5S. The number of ether oxygens (including phenoxy) is 2. The highest BCUT2D eigenvalue weighted by atomic mass is 32.1. The number of aliphatic hydroxyl groups is 1. The van der Waals surface area contributed by atoms with E-state index in [1.165, 1.54) is 16.2 Å². The molecule has 2 heterocycles. The smallest absolute Gasteiger partial charge is 0.301 e. The van der Waals surface area contributed by atoms with Gasteiger partial charge in [0.2, 0.25) is 0 Å². The van der Waals surface area contributed by atoms with Crippen LogP contribution in [-0.4, -0.2) is 35.0 Å². The molecule has 7 nitrogen and oxygen atoms in total. The van der Waals surface area contributed by atoms with E-state index in [1.54, 1.807) is 60.1 Å². The van der Waals surface area contributed by atoms with Gasteiger partial charge in [0.1, 0.15) is 17.3 Å². The van der Waals surface area contributed by atoms with E-state index in [1.807, 2.05) is 13.8 Å². The van der Waals surface area contributed by atoms with E-state index >= 15 is 0 Å². The summed E-state index contributed by atoms with van der Waals surface area (Å²) in [6.07, 6.45) is 2.45. The lowest BCUT2D eigenvalue weighted by Crippen LogP contribution is -2.29. The van der Waals surface area contributed by atoms with Crippen molar-refractivity contribution in [2.24, 2.45) is 0 Å². The molecule has 1 saturated heterocycles. The summed E-state index contributed by atoms with van der Waals surface area (Å²) in [7, 11) is 0. The van der Waals surface area contributed by atoms with Crippen LogP contribution in [0.4, 0.5) is 5.13 Å². The first-order valence-electron chi connectivity index (χ1n) is 10.7. The number of carbonyl (C=O) groups excluding carboxylic acids is 2. The molecule has 0 radical (unpaired) electrons. The van der Waals surface area contributed by atoms with Crippen LogP contribution < -0.4 is 14.4 Å². The van der Waals surface area contributed by atoms with Crippen molar-refractivity contribution in [3.8, 4) is 11.5 Å². The number of nitrogens with zero attached hydrogens (tertiary/aromatic N) is 2. The number of aromatic nitrogens is 1. The zero-order valence-corrected chi connectivity index (χ0v) is 19.2. The first-order chi connectivity index (χ1) is 16.0. The maximum atomic E-state index is 13.1. The van der Waals surface area contributed by atoms with E-state index in [2.05, 4.69) is 4.98 Å². The van der Waals surface area contributed by atoms with Gasteiger partial charge in [-0.2, -0.15) is 0 Å². The maximum absolute atomic E-state index is 13.1. The van der Waals surface area contributed by atoms with Gasteiger partial charge < -0.3 is 14.6 Å². The Morgan fingerprint density at radius 3 is 2.55 bits per heavy atom. The molecule has 1 N–H and O–H groups in total. The van der Waals surface area contributed by atoms with Crippen molar-refractivity contribution in [3.05, 3.63) is 76.8 Å². The topological polar surface area (TPSA) is 89.0 Å². The average molecular weight is 465 g/mol. The molecule has 3 aromatic rings. The fourth-order valence-corrected chi connectivity index (χ4v) is 4.37. The highest BCUT2D eigenvalue weighted by Crippen LogP contribution is 2.43. The van der Waals surface area contributed by atoms with Crippen molar-refractivity contribution < 1.29 is 24.2 Å². The van der Waals surface area contributed by atoms with Crippen molar-refractivity contribution in [1.82, 2.24) is 4.98 Å². The van der Waals surface area contributed by atoms with Gasteiger partial charge in [0.15, 0.2) is 5.13 Å². The van der Waals surface area contributed by atoms with Gasteiger partial charge in [0, 0.05) is 17.1 Å². The van der Waals surface area contributed by atoms with Crippen LogP contribution in [0.3, 0.4) is 0 Å². The van der Waals surface area contributed by atoms with E-state index in [0.29, 0.717) is 41.0 Å². The summed E-state index contributed by atoms with van der Waals surface area (Å²) < 4.78 is 11.2. The Morgan fingerprint density at radius 2 is 1.88 bits per heavy atom. The average Bonchev–Trinajstić information content (AvgIpc) is 3.45. The third kappa shape index (κ3) is 4.47. The van der Waals surface area contributed by atoms with Crippen molar-refractivity contribution in [1.29, 1.82) is 0 Å². The van der Waals surface area contributed by atoms with Crippen molar-refractivity contribution in [3.63, 3.8) is 0 Å². The number of Topliss-reactive ketones (excluding diaryl/α,β-unsaturated/α-hetero) is 1. The number of amides is 1. The Kier molecular flexibility index (Phi) is 6.74. The Bertz CT molecular complexity index is 1170. The number of carbonyl (C=O) groups is 2. The van der Waals surface area contributed by atoms with Crippen LogP contribution in [0, 0.1) is 0 Å². The van der Waals surface area contributed by atoms with E-state index in [-0.39, 0.29) is 11.3 Å². The van der Waals surface area contributed by atoms with E-state index in [9.17, 15) is 14.7 Å². The summed E-state index contributed by atoms with van der Waals surface area (Å²) in [6.45, 7) is 4.95. The predicted molar refractivity (Wildman–Crippen MR) is 127 cm³/mol. The molecule has 1 aliphatic rings. The van der Waals surface area contributed by atoms with Crippen LogP contribution >= 0.6 is 11.3 Å². The molecule has 4 rings (SSSR count). The van der Waals surface area contributed by atoms with E-state index in [4.69, 9.17) is 9.47 Å². The quantitative estimate of drug-likeness (QED) is 0.288. The van der Waals surface area contributed by atoms with Gasteiger partial charge in [0.25, 0.3) is 5.78 Å². The van der Waals surface area contributed by atoms with Crippen molar-refractivity contribution >= 4 is 33.9 Å². The van der Waals surface area contributed by atoms with Gasteiger partial charge in [-0.3, -0.25) is 14.5 Å². The maximum Gasteiger partial charge on any atom is 0.301 e. The second-order valence-electron chi connectivity index (χ2n) is 7.36. The Morgan fingerprint density at radius 1 is 1.09 bits per heavy atom. The van der Waals surface area contributed by atoms with Gasteiger partial charge in [-0.25, -0.2) is 4.98 Å². The van der Waals surface area contributed by atoms with E-state index < -0.39 is 17.7 Å². The Labute approximate surface area is 195 Å². The highest BCUT2D eigenvalue weighted by Gasteiger charge is 2.48. The molecule has 0 aliphatic carbocycles. The minimum atomic E-state index is -0.840.